The molecule has 1 aromatic rings. The number of halogens is 1. The molecule has 1 aromatic carbocycles. The minimum absolute atomic E-state index is 0.335. The van der Waals surface area contributed by atoms with E-state index in [2.05, 4.69) is 15.9 Å². The Morgan fingerprint density at radius 1 is 1.36 bits per heavy atom. The highest BCUT2D eigenvalue weighted by atomic mass is 79.9. The normalized spacial score (nSPS) is 11.6. The molecule has 2 nitrogen and oxygen atoms in total. The second-order valence-corrected chi connectivity index (χ2v) is 4.88. The van der Waals surface area contributed by atoms with Crippen molar-refractivity contribution >= 4 is 15.9 Å². The van der Waals surface area contributed by atoms with Crippen molar-refractivity contribution in [2.75, 3.05) is 7.11 Å². The maximum Gasteiger partial charge on any atom is 0.133 e. The minimum Gasteiger partial charge on any atom is -0.496 e. The van der Waals surface area contributed by atoms with Crippen LogP contribution >= 0.6 is 15.9 Å². The van der Waals surface area contributed by atoms with Crippen molar-refractivity contribution < 1.29 is 4.74 Å². The zero-order valence-electron chi connectivity index (χ0n) is 9.02. The van der Waals surface area contributed by atoms with Crippen molar-refractivity contribution in [2.24, 2.45) is 5.73 Å². The summed E-state index contributed by atoms with van der Waals surface area (Å²) < 4.78 is 6.20. The van der Waals surface area contributed by atoms with Crippen LogP contribution in [-0.2, 0) is 5.54 Å². The van der Waals surface area contributed by atoms with Crippen LogP contribution in [0.5, 0.6) is 5.75 Å². The van der Waals surface area contributed by atoms with E-state index in [9.17, 15) is 0 Å². The lowest BCUT2D eigenvalue weighted by Crippen LogP contribution is -2.29. The third-order valence-corrected chi connectivity index (χ3v) is 2.81. The van der Waals surface area contributed by atoms with Crippen LogP contribution in [0.3, 0.4) is 0 Å². The van der Waals surface area contributed by atoms with Crippen molar-refractivity contribution in [3.8, 4) is 5.75 Å². The van der Waals surface area contributed by atoms with Crippen LogP contribution in [0.1, 0.15) is 25.0 Å². The summed E-state index contributed by atoms with van der Waals surface area (Å²) in [5, 5.41) is 0. The van der Waals surface area contributed by atoms with E-state index in [0.29, 0.717) is 0 Å². The summed E-state index contributed by atoms with van der Waals surface area (Å²) in [4.78, 5) is 0. The maximum absolute atomic E-state index is 6.06. The molecule has 0 saturated carbocycles. The molecule has 0 radical (unpaired) electrons. The van der Waals surface area contributed by atoms with Crippen LogP contribution in [0.15, 0.2) is 16.6 Å². The molecule has 0 aliphatic rings. The number of methoxy groups -OCH3 is 1. The van der Waals surface area contributed by atoms with E-state index in [1.165, 1.54) is 5.56 Å². The van der Waals surface area contributed by atoms with Crippen molar-refractivity contribution in [1.82, 2.24) is 0 Å². The van der Waals surface area contributed by atoms with E-state index >= 15 is 0 Å². The second kappa shape index (κ2) is 3.91. The SMILES string of the molecule is COc1cc(C(C)(C)N)c(C)cc1Br. The lowest BCUT2D eigenvalue weighted by molar-refractivity contribution is 0.409. The van der Waals surface area contributed by atoms with Crippen LogP contribution < -0.4 is 10.5 Å². The van der Waals surface area contributed by atoms with E-state index in [1.54, 1.807) is 7.11 Å². The van der Waals surface area contributed by atoms with Gasteiger partial charge in [-0.15, -0.1) is 0 Å². The highest BCUT2D eigenvalue weighted by Crippen LogP contribution is 2.32. The van der Waals surface area contributed by atoms with Gasteiger partial charge in [-0.25, -0.2) is 0 Å². The molecule has 2 N–H and O–H groups in total. The van der Waals surface area contributed by atoms with Gasteiger partial charge in [-0.2, -0.15) is 0 Å². The number of aryl methyl sites for hydroxylation is 1. The Labute approximate surface area is 93.6 Å². The summed E-state index contributed by atoms with van der Waals surface area (Å²) in [5.41, 5.74) is 8.01. The standard InChI is InChI=1S/C11H16BrNO/c1-7-5-9(12)10(14-4)6-8(7)11(2,3)13/h5-6H,13H2,1-4H3. The van der Waals surface area contributed by atoms with Gasteiger partial charge in [0.1, 0.15) is 5.75 Å². The summed E-state index contributed by atoms with van der Waals surface area (Å²) >= 11 is 3.44. The first-order chi connectivity index (χ1) is 6.36. The summed E-state index contributed by atoms with van der Waals surface area (Å²) in [7, 11) is 1.66. The largest absolute Gasteiger partial charge is 0.496 e. The van der Waals surface area contributed by atoms with Gasteiger partial charge >= 0.3 is 0 Å². The number of benzene rings is 1. The lowest BCUT2D eigenvalue weighted by Gasteiger charge is -2.22. The fraction of sp³-hybridized carbons (Fsp3) is 0.455. The average Bonchev–Trinajstić information content (AvgIpc) is 2.02. The van der Waals surface area contributed by atoms with Gasteiger partial charge in [0.2, 0.25) is 0 Å². The quantitative estimate of drug-likeness (QED) is 0.885. The van der Waals surface area contributed by atoms with Crippen LogP contribution in [0.2, 0.25) is 0 Å². The van der Waals surface area contributed by atoms with E-state index < -0.39 is 0 Å². The maximum atomic E-state index is 6.06. The van der Waals surface area contributed by atoms with Crippen molar-refractivity contribution in [2.45, 2.75) is 26.3 Å². The molecule has 0 unspecified atom stereocenters. The molecule has 0 aliphatic carbocycles. The third-order valence-electron chi connectivity index (χ3n) is 2.19. The molecule has 0 amide bonds. The Hall–Kier alpha value is -0.540. The van der Waals surface area contributed by atoms with E-state index in [1.807, 2.05) is 32.9 Å². The fourth-order valence-corrected chi connectivity index (χ4v) is 2.12. The molecule has 1 rings (SSSR count). The average molecular weight is 258 g/mol. The molecule has 0 bridgehead atoms. The Morgan fingerprint density at radius 3 is 2.36 bits per heavy atom. The molecule has 0 spiro atoms. The molecule has 0 aliphatic heterocycles. The van der Waals surface area contributed by atoms with Gasteiger partial charge in [0.15, 0.2) is 0 Å². The summed E-state index contributed by atoms with van der Waals surface area (Å²) in [5.74, 6) is 0.823. The molecular weight excluding hydrogens is 242 g/mol. The number of hydrogen-bond donors (Lipinski definition) is 1. The fourth-order valence-electron chi connectivity index (χ4n) is 1.50. The van der Waals surface area contributed by atoms with Gasteiger partial charge in [-0.3, -0.25) is 0 Å². The molecule has 0 fully saturated rings. The van der Waals surface area contributed by atoms with Crippen LogP contribution in [0.25, 0.3) is 0 Å². The van der Waals surface area contributed by atoms with Crippen molar-refractivity contribution in [3.05, 3.63) is 27.7 Å². The molecule has 0 atom stereocenters. The highest BCUT2D eigenvalue weighted by Gasteiger charge is 2.18. The summed E-state index contributed by atoms with van der Waals surface area (Å²) in [6, 6.07) is 4.02. The highest BCUT2D eigenvalue weighted by molar-refractivity contribution is 9.10. The first-order valence-electron chi connectivity index (χ1n) is 4.49. The van der Waals surface area contributed by atoms with Gasteiger partial charge < -0.3 is 10.5 Å². The molecule has 0 saturated heterocycles. The van der Waals surface area contributed by atoms with Crippen LogP contribution in [0.4, 0.5) is 0 Å². The molecule has 78 valence electrons. The van der Waals surface area contributed by atoms with Crippen molar-refractivity contribution in [1.29, 1.82) is 0 Å². The van der Waals surface area contributed by atoms with E-state index in [-0.39, 0.29) is 5.54 Å². The zero-order valence-corrected chi connectivity index (χ0v) is 10.6. The lowest BCUT2D eigenvalue weighted by atomic mass is 9.91. The Morgan fingerprint density at radius 2 is 1.93 bits per heavy atom. The van der Waals surface area contributed by atoms with Gasteiger partial charge in [0.05, 0.1) is 11.6 Å². The monoisotopic (exact) mass is 257 g/mol. The van der Waals surface area contributed by atoms with Gasteiger partial charge in [0.25, 0.3) is 0 Å². The van der Waals surface area contributed by atoms with Gasteiger partial charge in [-0.1, -0.05) is 0 Å². The first kappa shape index (κ1) is 11.5. The van der Waals surface area contributed by atoms with Crippen LogP contribution in [0, 0.1) is 6.92 Å². The van der Waals surface area contributed by atoms with Gasteiger partial charge in [0, 0.05) is 5.54 Å². The minimum atomic E-state index is -0.335. The first-order valence-corrected chi connectivity index (χ1v) is 5.29. The Kier molecular flexibility index (Phi) is 3.22. The summed E-state index contributed by atoms with van der Waals surface area (Å²) in [6.45, 7) is 6.03. The van der Waals surface area contributed by atoms with E-state index in [0.717, 1.165) is 15.8 Å². The predicted molar refractivity (Wildman–Crippen MR) is 62.6 cm³/mol. The molecule has 0 heterocycles. The number of hydrogen-bond acceptors (Lipinski definition) is 2. The van der Waals surface area contributed by atoms with Crippen LogP contribution in [-0.4, -0.2) is 7.11 Å². The topological polar surface area (TPSA) is 35.2 Å². The Bertz CT molecular complexity index is 342. The number of rotatable bonds is 2. The second-order valence-electron chi connectivity index (χ2n) is 4.02. The molecule has 3 heteroatoms. The third kappa shape index (κ3) is 2.28. The smallest absolute Gasteiger partial charge is 0.133 e. The number of ether oxygens (including phenoxy) is 1. The predicted octanol–water partition coefficient (Wildman–Crippen LogP) is 2.96. The summed E-state index contributed by atoms with van der Waals surface area (Å²) in [6.07, 6.45) is 0. The van der Waals surface area contributed by atoms with Gasteiger partial charge in [-0.05, 0) is 60.0 Å². The van der Waals surface area contributed by atoms with E-state index in [4.69, 9.17) is 10.5 Å². The van der Waals surface area contributed by atoms with Crippen molar-refractivity contribution in [3.63, 3.8) is 0 Å². The molecule has 0 aromatic heterocycles. The molecular formula is C11H16BrNO. The molecule has 14 heavy (non-hydrogen) atoms. The zero-order chi connectivity index (χ0) is 10.9. The Balaban J connectivity index is 3.32. The number of nitrogens with two attached hydrogens (primary N) is 1.